The standard InChI is InChI=1S/C28H27NO5/c1-28(2)29(25(18-34-28)26(30)32-16-19-10-4-3-5-11-19)27(31)33-17-24-22-14-8-6-12-20(22)21-13-7-9-15-23(21)24/h3-15,24-25H,16-18H2,1-2H3. The summed E-state index contributed by atoms with van der Waals surface area (Å²) in [6.45, 7) is 3.86. The lowest BCUT2D eigenvalue weighted by Crippen LogP contribution is -2.51. The van der Waals surface area contributed by atoms with Gasteiger partial charge < -0.3 is 14.2 Å². The van der Waals surface area contributed by atoms with Gasteiger partial charge in [-0.2, -0.15) is 0 Å². The summed E-state index contributed by atoms with van der Waals surface area (Å²) >= 11 is 0. The lowest BCUT2D eigenvalue weighted by molar-refractivity contribution is -0.150. The van der Waals surface area contributed by atoms with Gasteiger partial charge in [-0.1, -0.05) is 78.9 Å². The van der Waals surface area contributed by atoms with Crippen molar-refractivity contribution in [2.24, 2.45) is 0 Å². The van der Waals surface area contributed by atoms with E-state index >= 15 is 0 Å². The van der Waals surface area contributed by atoms with Gasteiger partial charge >= 0.3 is 12.1 Å². The molecule has 6 heteroatoms. The third-order valence-corrected chi connectivity index (χ3v) is 6.52. The molecular formula is C28H27NO5. The Morgan fingerprint density at radius 2 is 1.47 bits per heavy atom. The molecule has 174 valence electrons. The van der Waals surface area contributed by atoms with Crippen LogP contribution in [0, 0.1) is 0 Å². The third kappa shape index (κ3) is 4.05. The van der Waals surface area contributed by atoms with Crippen molar-refractivity contribution in [1.82, 2.24) is 4.90 Å². The topological polar surface area (TPSA) is 65.1 Å². The van der Waals surface area contributed by atoms with Gasteiger partial charge in [0, 0.05) is 5.92 Å². The van der Waals surface area contributed by atoms with Crippen LogP contribution in [0.3, 0.4) is 0 Å². The molecule has 0 saturated carbocycles. The maximum atomic E-state index is 13.2. The Bertz CT molecular complexity index is 1160. The van der Waals surface area contributed by atoms with Crippen LogP contribution in [-0.4, -0.2) is 41.9 Å². The van der Waals surface area contributed by atoms with Crippen molar-refractivity contribution in [3.05, 3.63) is 95.6 Å². The molecule has 3 aromatic rings. The zero-order valence-electron chi connectivity index (χ0n) is 19.3. The summed E-state index contributed by atoms with van der Waals surface area (Å²) in [4.78, 5) is 27.5. The number of nitrogens with zero attached hydrogens (tertiary/aromatic N) is 1. The van der Waals surface area contributed by atoms with Crippen LogP contribution in [0.1, 0.15) is 36.5 Å². The lowest BCUT2D eigenvalue weighted by atomic mass is 9.98. The van der Waals surface area contributed by atoms with E-state index in [1.54, 1.807) is 13.8 Å². The van der Waals surface area contributed by atoms with E-state index in [1.165, 1.54) is 4.90 Å². The first-order valence-electron chi connectivity index (χ1n) is 11.4. The molecular weight excluding hydrogens is 430 g/mol. The second-order valence-electron chi connectivity index (χ2n) is 9.04. The zero-order chi connectivity index (χ0) is 23.7. The molecule has 1 fully saturated rings. The molecule has 1 amide bonds. The predicted molar refractivity (Wildman–Crippen MR) is 127 cm³/mol. The van der Waals surface area contributed by atoms with Crippen LogP contribution < -0.4 is 0 Å². The minimum Gasteiger partial charge on any atom is -0.459 e. The zero-order valence-corrected chi connectivity index (χ0v) is 19.3. The number of carbonyl (C=O) groups is 2. The van der Waals surface area contributed by atoms with Gasteiger partial charge in [-0.05, 0) is 41.7 Å². The molecule has 0 aromatic heterocycles. The summed E-state index contributed by atoms with van der Waals surface area (Å²) in [7, 11) is 0. The van der Waals surface area contributed by atoms with Gasteiger partial charge in [0.25, 0.3) is 0 Å². The predicted octanol–water partition coefficient (Wildman–Crippen LogP) is 5.12. The molecule has 34 heavy (non-hydrogen) atoms. The molecule has 2 aliphatic rings. The van der Waals surface area contributed by atoms with Gasteiger partial charge in [-0.25, -0.2) is 9.59 Å². The summed E-state index contributed by atoms with van der Waals surface area (Å²) in [5.41, 5.74) is 4.47. The number of esters is 1. The second-order valence-corrected chi connectivity index (χ2v) is 9.04. The SMILES string of the molecule is CC1(C)OCC(C(=O)OCc2ccccc2)N1C(=O)OCC1c2ccccc2-c2ccccc21. The molecule has 1 heterocycles. The first-order valence-corrected chi connectivity index (χ1v) is 11.4. The second kappa shape index (κ2) is 8.95. The average molecular weight is 458 g/mol. The Morgan fingerprint density at radius 1 is 0.882 bits per heavy atom. The van der Waals surface area contributed by atoms with E-state index < -0.39 is 23.8 Å². The molecule has 1 aliphatic carbocycles. The van der Waals surface area contributed by atoms with Crippen molar-refractivity contribution in [1.29, 1.82) is 0 Å². The Balaban J connectivity index is 1.29. The van der Waals surface area contributed by atoms with E-state index in [4.69, 9.17) is 14.2 Å². The summed E-state index contributed by atoms with van der Waals surface area (Å²) in [6.07, 6.45) is -0.592. The summed E-state index contributed by atoms with van der Waals surface area (Å²) in [6, 6.07) is 24.9. The van der Waals surface area contributed by atoms with E-state index in [0.29, 0.717) is 0 Å². The van der Waals surface area contributed by atoms with Gasteiger partial charge in [-0.3, -0.25) is 4.90 Å². The van der Waals surface area contributed by atoms with Crippen LogP contribution in [-0.2, 0) is 25.6 Å². The Hall–Kier alpha value is -3.64. The van der Waals surface area contributed by atoms with E-state index in [0.717, 1.165) is 27.8 Å². The van der Waals surface area contributed by atoms with Crippen molar-refractivity contribution < 1.29 is 23.8 Å². The number of hydrogen-bond donors (Lipinski definition) is 0. The quantitative estimate of drug-likeness (QED) is 0.498. The van der Waals surface area contributed by atoms with Gasteiger partial charge in [0.05, 0.1) is 6.61 Å². The molecule has 6 nitrogen and oxygen atoms in total. The van der Waals surface area contributed by atoms with Gasteiger partial charge in [0.15, 0.2) is 6.04 Å². The minimum atomic E-state index is -0.987. The minimum absolute atomic E-state index is 0.0603. The number of rotatable bonds is 5. The number of hydrogen-bond acceptors (Lipinski definition) is 5. The number of fused-ring (bicyclic) bond motifs is 3. The molecule has 5 rings (SSSR count). The first-order chi connectivity index (χ1) is 16.5. The van der Waals surface area contributed by atoms with E-state index in [9.17, 15) is 9.59 Å². The van der Waals surface area contributed by atoms with Crippen LogP contribution in [0.25, 0.3) is 11.1 Å². The largest absolute Gasteiger partial charge is 0.459 e. The molecule has 1 unspecified atom stereocenters. The Kier molecular flexibility index (Phi) is 5.84. The van der Waals surface area contributed by atoms with Crippen molar-refractivity contribution >= 4 is 12.1 Å². The normalized spacial score (nSPS) is 18.3. The third-order valence-electron chi connectivity index (χ3n) is 6.52. The summed E-state index contributed by atoms with van der Waals surface area (Å²) in [5.74, 6) is -0.575. The molecule has 0 spiro atoms. The highest BCUT2D eigenvalue weighted by Crippen LogP contribution is 2.44. The summed E-state index contributed by atoms with van der Waals surface area (Å²) in [5, 5.41) is 0. The van der Waals surface area contributed by atoms with Crippen molar-refractivity contribution in [3.63, 3.8) is 0 Å². The monoisotopic (exact) mass is 457 g/mol. The van der Waals surface area contributed by atoms with Crippen molar-refractivity contribution in [2.75, 3.05) is 13.2 Å². The number of ether oxygens (including phenoxy) is 3. The van der Waals surface area contributed by atoms with Gasteiger partial charge in [0.2, 0.25) is 0 Å². The highest BCUT2D eigenvalue weighted by Gasteiger charge is 2.49. The van der Waals surface area contributed by atoms with Crippen molar-refractivity contribution in [3.8, 4) is 11.1 Å². The van der Waals surface area contributed by atoms with Gasteiger partial charge in [-0.15, -0.1) is 0 Å². The van der Waals surface area contributed by atoms with Crippen LogP contribution in [0.5, 0.6) is 0 Å². The first kappa shape index (κ1) is 22.2. The van der Waals surface area contributed by atoms with Crippen LogP contribution in [0.15, 0.2) is 78.9 Å². The highest BCUT2D eigenvalue weighted by molar-refractivity contribution is 5.83. The van der Waals surface area contributed by atoms with Crippen LogP contribution in [0.2, 0.25) is 0 Å². The number of benzene rings is 3. The molecule has 1 aliphatic heterocycles. The maximum absolute atomic E-state index is 13.2. The van der Waals surface area contributed by atoms with Crippen LogP contribution >= 0.6 is 0 Å². The Morgan fingerprint density at radius 3 is 2.12 bits per heavy atom. The number of carbonyl (C=O) groups excluding carboxylic acids is 2. The molecule has 1 atom stereocenters. The van der Waals surface area contributed by atoms with Crippen LogP contribution in [0.4, 0.5) is 4.79 Å². The summed E-state index contributed by atoms with van der Waals surface area (Å²) < 4.78 is 17.1. The lowest BCUT2D eigenvalue weighted by Gasteiger charge is -2.32. The molecule has 0 radical (unpaired) electrons. The highest BCUT2D eigenvalue weighted by atomic mass is 16.6. The number of amides is 1. The van der Waals surface area contributed by atoms with Crippen molar-refractivity contribution in [2.45, 2.75) is 38.1 Å². The fourth-order valence-corrected chi connectivity index (χ4v) is 4.81. The molecule has 0 N–H and O–H groups in total. The van der Waals surface area contributed by atoms with Gasteiger partial charge in [0.1, 0.15) is 18.9 Å². The Labute approximate surface area is 199 Å². The molecule has 1 saturated heterocycles. The fraction of sp³-hybridized carbons (Fsp3) is 0.286. The van der Waals surface area contributed by atoms with E-state index in [-0.39, 0.29) is 25.7 Å². The average Bonchev–Trinajstić information content (AvgIpc) is 3.35. The van der Waals surface area contributed by atoms with E-state index in [2.05, 4.69) is 24.3 Å². The fourth-order valence-electron chi connectivity index (χ4n) is 4.81. The molecule has 3 aromatic carbocycles. The van der Waals surface area contributed by atoms with E-state index in [1.807, 2.05) is 54.6 Å². The molecule has 0 bridgehead atoms. The maximum Gasteiger partial charge on any atom is 0.412 e. The smallest absolute Gasteiger partial charge is 0.412 e.